The molecule has 3 aromatic rings. The highest BCUT2D eigenvalue weighted by Crippen LogP contribution is 2.27. The van der Waals surface area contributed by atoms with E-state index < -0.39 is 0 Å². The zero-order chi connectivity index (χ0) is 18.1. The number of pyridine rings is 1. The Morgan fingerprint density at radius 2 is 1.85 bits per heavy atom. The van der Waals surface area contributed by atoms with Crippen molar-refractivity contribution < 1.29 is 4.79 Å². The van der Waals surface area contributed by atoms with E-state index in [1.54, 1.807) is 0 Å². The van der Waals surface area contributed by atoms with Crippen LogP contribution in [0.4, 0.5) is 5.69 Å². The van der Waals surface area contributed by atoms with Gasteiger partial charge in [-0.2, -0.15) is 0 Å². The van der Waals surface area contributed by atoms with Gasteiger partial charge in [0.1, 0.15) is 5.01 Å². The Morgan fingerprint density at radius 3 is 2.58 bits per heavy atom. The summed E-state index contributed by atoms with van der Waals surface area (Å²) in [5, 5.41) is 12.0. The van der Waals surface area contributed by atoms with Gasteiger partial charge >= 0.3 is 0 Å². The molecule has 2 aromatic heterocycles. The molecule has 1 aliphatic heterocycles. The van der Waals surface area contributed by atoms with E-state index in [1.165, 1.54) is 16.7 Å². The Balaban J connectivity index is 1.47. The smallest absolute Gasteiger partial charge is 0.284 e. The second kappa shape index (κ2) is 6.99. The molecule has 3 heterocycles. The van der Waals surface area contributed by atoms with Crippen LogP contribution in [-0.2, 0) is 0 Å². The highest BCUT2D eigenvalue weighted by atomic mass is 32.1. The van der Waals surface area contributed by atoms with E-state index in [0.717, 1.165) is 29.2 Å². The summed E-state index contributed by atoms with van der Waals surface area (Å²) in [6, 6.07) is 8.27. The first-order valence-electron chi connectivity index (χ1n) is 8.84. The van der Waals surface area contributed by atoms with Crippen molar-refractivity contribution in [2.24, 2.45) is 0 Å². The molecule has 7 heteroatoms. The fourth-order valence-electron chi connectivity index (χ4n) is 3.19. The summed E-state index contributed by atoms with van der Waals surface area (Å²) in [7, 11) is 0. The maximum Gasteiger partial charge on any atom is 0.284 e. The van der Waals surface area contributed by atoms with E-state index in [9.17, 15) is 4.79 Å². The van der Waals surface area contributed by atoms with Gasteiger partial charge in [0.25, 0.3) is 5.91 Å². The number of benzene rings is 1. The summed E-state index contributed by atoms with van der Waals surface area (Å²) in [6.45, 7) is 7.06. The summed E-state index contributed by atoms with van der Waals surface area (Å²) in [4.78, 5) is 21.2. The van der Waals surface area contributed by atoms with Crippen molar-refractivity contribution in [3.63, 3.8) is 0 Å². The van der Waals surface area contributed by atoms with Crippen LogP contribution in [0.5, 0.6) is 0 Å². The molecule has 1 aromatic carbocycles. The van der Waals surface area contributed by atoms with Crippen LogP contribution in [0.2, 0.25) is 0 Å². The third-order valence-corrected chi connectivity index (χ3v) is 5.88. The highest BCUT2D eigenvalue weighted by molar-refractivity contribution is 7.13. The SMILES string of the molecule is CC(C)c1nnc(C(=O)N2CCN(c3cncc4ccccc34)CC2)s1. The minimum atomic E-state index is -0.00917. The number of aromatic nitrogens is 3. The molecule has 0 atom stereocenters. The first kappa shape index (κ1) is 16.9. The second-order valence-corrected chi connectivity index (χ2v) is 7.77. The summed E-state index contributed by atoms with van der Waals surface area (Å²) < 4.78 is 0. The summed E-state index contributed by atoms with van der Waals surface area (Å²) in [5.41, 5.74) is 1.13. The summed E-state index contributed by atoms with van der Waals surface area (Å²) >= 11 is 1.40. The molecule has 1 fully saturated rings. The summed E-state index contributed by atoms with van der Waals surface area (Å²) in [6.07, 6.45) is 3.81. The van der Waals surface area contributed by atoms with Crippen LogP contribution in [0.15, 0.2) is 36.7 Å². The molecule has 1 amide bonds. The van der Waals surface area contributed by atoms with Crippen LogP contribution < -0.4 is 4.90 Å². The van der Waals surface area contributed by atoms with Crippen molar-refractivity contribution in [1.82, 2.24) is 20.1 Å². The van der Waals surface area contributed by atoms with Gasteiger partial charge in [0.05, 0.1) is 11.9 Å². The highest BCUT2D eigenvalue weighted by Gasteiger charge is 2.26. The lowest BCUT2D eigenvalue weighted by Gasteiger charge is -2.36. The van der Waals surface area contributed by atoms with Crippen LogP contribution in [-0.4, -0.2) is 52.2 Å². The molecule has 1 aliphatic rings. The van der Waals surface area contributed by atoms with E-state index >= 15 is 0 Å². The number of nitrogens with zero attached hydrogens (tertiary/aromatic N) is 5. The molecule has 0 saturated carbocycles. The lowest BCUT2D eigenvalue weighted by Crippen LogP contribution is -2.48. The quantitative estimate of drug-likeness (QED) is 0.711. The minimum absolute atomic E-state index is 0.00917. The number of amides is 1. The number of anilines is 1. The van der Waals surface area contributed by atoms with Gasteiger partial charge in [-0.05, 0) is 0 Å². The van der Waals surface area contributed by atoms with Crippen LogP contribution in [0, 0.1) is 0 Å². The predicted molar refractivity (Wildman–Crippen MR) is 104 cm³/mol. The van der Waals surface area contributed by atoms with Gasteiger partial charge in [-0.25, -0.2) is 0 Å². The van der Waals surface area contributed by atoms with Gasteiger partial charge in [0.2, 0.25) is 5.01 Å². The molecule has 0 radical (unpaired) electrons. The number of hydrogen-bond acceptors (Lipinski definition) is 6. The number of carbonyl (C=O) groups excluding carboxylic acids is 1. The predicted octanol–water partition coefficient (Wildman–Crippen LogP) is 3.17. The maximum absolute atomic E-state index is 12.7. The fraction of sp³-hybridized carbons (Fsp3) is 0.368. The zero-order valence-electron chi connectivity index (χ0n) is 14.9. The Bertz CT molecular complexity index is 925. The minimum Gasteiger partial charge on any atom is -0.366 e. The number of carbonyl (C=O) groups is 1. The lowest BCUT2D eigenvalue weighted by atomic mass is 10.1. The van der Waals surface area contributed by atoms with E-state index in [4.69, 9.17) is 0 Å². The third kappa shape index (κ3) is 3.14. The number of rotatable bonds is 3. The fourth-order valence-corrected chi connectivity index (χ4v) is 4.01. The Labute approximate surface area is 156 Å². The van der Waals surface area contributed by atoms with Gasteiger partial charge < -0.3 is 9.80 Å². The van der Waals surface area contributed by atoms with Gasteiger partial charge in [-0.1, -0.05) is 49.4 Å². The van der Waals surface area contributed by atoms with Crippen molar-refractivity contribution in [1.29, 1.82) is 0 Å². The first-order chi connectivity index (χ1) is 12.6. The largest absolute Gasteiger partial charge is 0.366 e. The molecule has 4 rings (SSSR count). The number of piperazine rings is 1. The van der Waals surface area contributed by atoms with Crippen LogP contribution in [0.25, 0.3) is 10.8 Å². The molecule has 26 heavy (non-hydrogen) atoms. The topological polar surface area (TPSA) is 62.2 Å². The molecule has 0 unspecified atom stereocenters. The average Bonchev–Trinajstić information content (AvgIpc) is 3.18. The van der Waals surface area contributed by atoms with E-state index in [2.05, 4.69) is 46.1 Å². The maximum atomic E-state index is 12.7. The van der Waals surface area contributed by atoms with Crippen LogP contribution in [0.3, 0.4) is 0 Å². The van der Waals surface area contributed by atoms with Gasteiger partial charge in [-0.3, -0.25) is 9.78 Å². The summed E-state index contributed by atoms with van der Waals surface area (Å²) in [5.74, 6) is 0.287. The van der Waals surface area contributed by atoms with Crippen LogP contribution in [0.1, 0.15) is 34.6 Å². The molecule has 0 bridgehead atoms. The van der Waals surface area contributed by atoms with Gasteiger partial charge in [-0.15, -0.1) is 10.2 Å². The van der Waals surface area contributed by atoms with E-state index in [0.29, 0.717) is 24.0 Å². The third-order valence-electron chi connectivity index (χ3n) is 4.67. The van der Waals surface area contributed by atoms with Crippen molar-refractivity contribution in [3.8, 4) is 0 Å². The zero-order valence-corrected chi connectivity index (χ0v) is 15.7. The lowest BCUT2D eigenvalue weighted by molar-refractivity contribution is 0.0745. The standard InChI is InChI=1S/C19H21N5OS/c1-13(2)17-21-22-18(26-17)19(25)24-9-7-23(8-10-24)16-12-20-11-14-5-3-4-6-15(14)16/h3-6,11-13H,7-10H2,1-2H3. The number of hydrogen-bond donors (Lipinski definition) is 0. The molecule has 0 spiro atoms. The van der Waals surface area contributed by atoms with Crippen molar-refractivity contribution >= 4 is 33.7 Å². The van der Waals surface area contributed by atoms with Crippen LogP contribution >= 0.6 is 11.3 Å². The Kier molecular flexibility index (Phi) is 4.55. The monoisotopic (exact) mass is 367 g/mol. The molecule has 0 N–H and O–H groups in total. The molecule has 0 aliphatic carbocycles. The molecular weight excluding hydrogens is 346 g/mol. The Morgan fingerprint density at radius 1 is 1.08 bits per heavy atom. The molecule has 134 valence electrons. The van der Waals surface area contributed by atoms with Gasteiger partial charge in [0.15, 0.2) is 0 Å². The number of fused-ring (bicyclic) bond motifs is 1. The molecule has 1 saturated heterocycles. The average molecular weight is 367 g/mol. The van der Waals surface area contributed by atoms with Gasteiger partial charge in [0, 0.05) is 49.1 Å². The van der Waals surface area contributed by atoms with Crippen molar-refractivity contribution in [2.75, 3.05) is 31.1 Å². The molecular formula is C19H21N5OS. The Hall–Kier alpha value is -2.54. The van der Waals surface area contributed by atoms with Crippen molar-refractivity contribution in [2.45, 2.75) is 19.8 Å². The molecule has 6 nitrogen and oxygen atoms in total. The van der Waals surface area contributed by atoms with E-state index in [-0.39, 0.29) is 5.91 Å². The normalized spacial score (nSPS) is 15.0. The first-order valence-corrected chi connectivity index (χ1v) is 9.65. The van der Waals surface area contributed by atoms with E-state index in [1.807, 2.05) is 29.4 Å². The van der Waals surface area contributed by atoms with Crippen molar-refractivity contribution in [3.05, 3.63) is 46.7 Å². The second-order valence-electron chi connectivity index (χ2n) is 6.76.